The molecule has 0 unspecified atom stereocenters. The molecule has 0 amide bonds. The van der Waals surface area contributed by atoms with E-state index in [2.05, 4.69) is 22.7 Å². The summed E-state index contributed by atoms with van der Waals surface area (Å²) in [5.41, 5.74) is 8.16. The van der Waals surface area contributed by atoms with Gasteiger partial charge < -0.3 is 10.5 Å². The van der Waals surface area contributed by atoms with Crippen molar-refractivity contribution in [3.05, 3.63) is 0 Å². The molecule has 0 bridgehead atoms. The highest BCUT2D eigenvalue weighted by Crippen LogP contribution is 2.32. The number of hydrogen-bond acceptors (Lipinski definition) is 4. The smallest absolute Gasteiger partial charge is 0.310 e. The van der Waals surface area contributed by atoms with Crippen molar-refractivity contribution >= 4 is 29.0 Å². The molecule has 1 saturated heterocycles. The number of cyclic esters (lactones) is 1. The van der Waals surface area contributed by atoms with Gasteiger partial charge in [0.25, 0.3) is 0 Å². The Morgan fingerprint density at radius 3 is 2.81 bits per heavy atom. The quantitative estimate of drug-likeness (QED) is 0.334. The number of ether oxygens (including phenoxy) is 1. The van der Waals surface area contributed by atoms with E-state index in [-0.39, 0.29) is 22.6 Å². The van der Waals surface area contributed by atoms with Gasteiger partial charge in [-0.25, -0.2) is 0 Å². The van der Waals surface area contributed by atoms with E-state index in [9.17, 15) is 4.79 Å². The second-order valence-electron chi connectivity index (χ2n) is 4.61. The molecular weight excluding hydrogens is 226 g/mol. The third-order valence-corrected chi connectivity index (χ3v) is 2.44. The Labute approximate surface area is 100 Å². The predicted octanol–water partition coefficient (Wildman–Crippen LogP) is 0.927. The zero-order valence-electron chi connectivity index (χ0n) is 9.74. The van der Waals surface area contributed by atoms with E-state index in [0.717, 1.165) is 5.71 Å². The van der Waals surface area contributed by atoms with Crippen LogP contribution in [-0.2, 0) is 9.53 Å². The van der Waals surface area contributed by atoms with Crippen LogP contribution < -0.4 is 11.2 Å². The first-order valence-corrected chi connectivity index (χ1v) is 5.52. The number of rotatable bonds is 3. The summed E-state index contributed by atoms with van der Waals surface area (Å²) in [6, 6.07) is 0. The van der Waals surface area contributed by atoms with Crippen molar-refractivity contribution in [2.24, 2.45) is 16.8 Å². The Bertz CT molecular complexity index is 339. The van der Waals surface area contributed by atoms with Gasteiger partial charge >= 0.3 is 5.97 Å². The van der Waals surface area contributed by atoms with Gasteiger partial charge in [-0.1, -0.05) is 0 Å². The van der Waals surface area contributed by atoms with E-state index in [1.165, 1.54) is 0 Å². The van der Waals surface area contributed by atoms with Crippen molar-refractivity contribution < 1.29 is 9.53 Å². The molecule has 0 aromatic heterocycles. The molecule has 0 radical (unpaired) electrons. The maximum Gasteiger partial charge on any atom is 0.310 e. The lowest BCUT2D eigenvalue weighted by Gasteiger charge is -2.14. The molecule has 0 spiro atoms. The molecule has 1 aliphatic rings. The molecule has 0 aliphatic carbocycles. The van der Waals surface area contributed by atoms with Crippen molar-refractivity contribution in [2.75, 3.05) is 0 Å². The fraction of sp³-hybridized carbons (Fsp3) is 0.700. The first-order valence-electron chi connectivity index (χ1n) is 5.11. The normalized spacial score (nSPS) is 24.1. The number of carbonyl (C=O) groups excluding carboxylic acids is 1. The maximum absolute atomic E-state index is 11.5. The Morgan fingerprint density at radius 1 is 1.75 bits per heavy atom. The average Bonchev–Trinajstić information content (AvgIpc) is 2.36. The van der Waals surface area contributed by atoms with Crippen LogP contribution in [0.2, 0.25) is 0 Å². The third kappa shape index (κ3) is 3.77. The standard InChI is InChI=1S/C10H17N3O2S/c1-6(12-13-9(11)16)4-7-5-10(2,3)15-8(7)14/h7H,4-5H2,1-3H3,(H3,11,13,16)/b12-6-/t7-/m1/s1. The molecule has 0 saturated carbocycles. The lowest BCUT2D eigenvalue weighted by molar-refractivity contribution is -0.148. The van der Waals surface area contributed by atoms with Crippen LogP contribution in [0.25, 0.3) is 0 Å². The van der Waals surface area contributed by atoms with Crippen LogP contribution in [0.4, 0.5) is 0 Å². The summed E-state index contributed by atoms with van der Waals surface area (Å²) in [4.78, 5) is 11.5. The van der Waals surface area contributed by atoms with Gasteiger partial charge in [-0.15, -0.1) is 0 Å². The summed E-state index contributed by atoms with van der Waals surface area (Å²) >= 11 is 4.62. The Hall–Kier alpha value is -1.17. The number of carbonyl (C=O) groups is 1. The van der Waals surface area contributed by atoms with E-state index in [1.54, 1.807) is 0 Å². The number of hydrogen-bond donors (Lipinski definition) is 2. The van der Waals surface area contributed by atoms with Crippen LogP contribution in [0, 0.1) is 5.92 Å². The molecule has 0 aromatic rings. The van der Waals surface area contributed by atoms with Crippen LogP contribution in [0.5, 0.6) is 0 Å². The van der Waals surface area contributed by atoms with Crippen LogP contribution >= 0.6 is 12.2 Å². The molecule has 6 heteroatoms. The van der Waals surface area contributed by atoms with Crippen LogP contribution in [-0.4, -0.2) is 22.4 Å². The lowest BCUT2D eigenvalue weighted by Crippen LogP contribution is -2.25. The summed E-state index contributed by atoms with van der Waals surface area (Å²) in [5, 5.41) is 4.08. The summed E-state index contributed by atoms with van der Waals surface area (Å²) in [5.74, 6) is -0.276. The van der Waals surface area contributed by atoms with E-state index in [4.69, 9.17) is 10.5 Å². The maximum atomic E-state index is 11.5. The highest BCUT2D eigenvalue weighted by molar-refractivity contribution is 7.80. The van der Waals surface area contributed by atoms with E-state index in [1.807, 2.05) is 20.8 Å². The second kappa shape index (κ2) is 4.78. The van der Waals surface area contributed by atoms with Gasteiger partial charge in [-0.3, -0.25) is 10.2 Å². The molecule has 5 nitrogen and oxygen atoms in total. The van der Waals surface area contributed by atoms with Crippen molar-refractivity contribution in [2.45, 2.75) is 39.2 Å². The van der Waals surface area contributed by atoms with Crippen molar-refractivity contribution in [3.8, 4) is 0 Å². The molecule has 1 fully saturated rings. The topological polar surface area (TPSA) is 76.7 Å². The fourth-order valence-electron chi connectivity index (χ4n) is 1.78. The number of nitrogens with zero attached hydrogens (tertiary/aromatic N) is 1. The van der Waals surface area contributed by atoms with Crippen molar-refractivity contribution in [1.29, 1.82) is 0 Å². The van der Waals surface area contributed by atoms with Crippen molar-refractivity contribution in [3.63, 3.8) is 0 Å². The molecule has 3 N–H and O–H groups in total. The first-order chi connectivity index (χ1) is 7.30. The molecule has 1 rings (SSSR count). The zero-order chi connectivity index (χ0) is 12.3. The van der Waals surface area contributed by atoms with E-state index >= 15 is 0 Å². The molecule has 1 atom stereocenters. The van der Waals surface area contributed by atoms with Gasteiger partial charge in [0.15, 0.2) is 5.11 Å². The van der Waals surface area contributed by atoms with Crippen molar-refractivity contribution in [1.82, 2.24) is 5.43 Å². The molecule has 1 aliphatic heterocycles. The number of nitrogens with one attached hydrogen (secondary N) is 1. The number of esters is 1. The fourth-order valence-corrected chi connectivity index (χ4v) is 1.83. The summed E-state index contributed by atoms with van der Waals surface area (Å²) in [6.07, 6.45) is 1.28. The van der Waals surface area contributed by atoms with Gasteiger partial charge in [0.2, 0.25) is 0 Å². The van der Waals surface area contributed by atoms with Crippen LogP contribution in [0.3, 0.4) is 0 Å². The number of thiocarbonyl (C=S) groups is 1. The molecule has 16 heavy (non-hydrogen) atoms. The monoisotopic (exact) mass is 243 g/mol. The highest BCUT2D eigenvalue weighted by Gasteiger charge is 2.39. The third-order valence-electron chi connectivity index (χ3n) is 2.35. The molecule has 1 heterocycles. The van der Waals surface area contributed by atoms with E-state index in [0.29, 0.717) is 12.8 Å². The minimum absolute atomic E-state index is 0.119. The molecular formula is C10H17N3O2S. The van der Waals surface area contributed by atoms with Gasteiger partial charge in [-0.05, 0) is 33.0 Å². The van der Waals surface area contributed by atoms with Crippen LogP contribution in [0.15, 0.2) is 5.10 Å². The second-order valence-corrected chi connectivity index (χ2v) is 5.05. The number of hydrazone groups is 1. The Morgan fingerprint density at radius 2 is 2.38 bits per heavy atom. The first kappa shape index (κ1) is 12.9. The zero-order valence-corrected chi connectivity index (χ0v) is 10.6. The molecule has 90 valence electrons. The lowest BCUT2D eigenvalue weighted by atomic mass is 9.93. The Balaban J connectivity index is 2.52. The van der Waals surface area contributed by atoms with Gasteiger partial charge in [0.1, 0.15) is 5.60 Å². The van der Waals surface area contributed by atoms with Crippen LogP contribution in [0.1, 0.15) is 33.6 Å². The minimum Gasteiger partial charge on any atom is -0.459 e. The summed E-state index contributed by atoms with van der Waals surface area (Å²) < 4.78 is 5.22. The predicted molar refractivity (Wildman–Crippen MR) is 65.9 cm³/mol. The summed E-state index contributed by atoms with van der Waals surface area (Å²) in [6.45, 7) is 5.64. The van der Waals surface area contributed by atoms with Gasteiger partial charge in [0.05, 0.1) is 5.92 Å². The Kier molecular flexibility index (Phi) is 3.85. The average molecular weight is 243 g/mol. The number of nitrogens with two attached hydrogens (primary N) is 1. The minimum atomic E-state index is -0.362. The highest BCUT2D eigenvalue weighted by atomic mass is 32.1. The summed E-state index contributed by atoms with van der Waals surface area (Å²) in [7, 11) is 0. The van der Waals surface area contributed by atoms with E-state index < -0.39 is 0 Å². The largest absolute Gasteiger partial charge is 0.459 e. The SMILES string of the molecule is C/C(C[C@@H]1CC(C)(C)OC1=O)=N/NC(N)=S. The van der Waals surface area contributed by atoms with Gasteiger partial charge in [0, 0.05) is 18.6 Å². The van der Waals surface area contributed by atoms with Gasteiger partial charge in [-0.2, -0.15) is 5.10 Å². The molecule has 0 aromatic carbocycles.